The number of benzene rings is 1. The number of hydrogen-bond donors (Lipinski definition) is 0. The molecule has 0 radical (unpaired) electrons. The van der Waals surface area contributed by atoms with E-state index in [1.807, 2.05) is 24.0 Å². The number of rotatable bonds is 4. The number of nitrogens with zero attached hydrogens (tertiary/aromatic N) is 3. The fourth-order valence-corrected chi connectivity index (χ4v) is 2.95. The maximum Gasteiger partial charge on any atom is 0.396 e. The lowest BCUT2D eigenvalue weighted by atomic mass is 9.92. The normalized spacial score (nSPS) is 16.3. The van der Waals surface area contributed by atoms with Crippen LogP contribution in [0.5, 0.6) is 0 Å². The molecule has 0 fully saturated rings. The molecule has 1 aliphatic rings. The minimum atomic E-state index is -0.631. The largest absolute Gasteiger partial charge is 0.465 e. The molecule has 132 valence electrons. The van der Waals surface area contributed by atoms with Crippen molar-refractivity contribution >= 4 is 18.0 Å². The van der Waals surface area contributed by atoms with Crippen LogP contribution in [-0.2, 0) is 15.9 Å². The van der Waals surface area contributed by atoms with Gasteiger partial charge < -0.3 is 18.8 Å². The molecule has 2 aromatic rings. The minimum absolute atomic E-state index is 0.0362. The van der Waals surface area contributed by atoms with E-state index in [1.54, 1.807) is 13.0 Å². The molecule has 0 aliphatic carbocycles. The predicted molar refractivity (Wildman–Crippen MR) is 87.5 cm³/mol. The Hall–Kier alpha value is -2.90. The Balaban J connectivity index is 1.83. The zero-order valence-electron chi connectivity index (χ0n) is 14.3. The number of fused-ring (bicyclic) bond motifs is 1. The molecule has 0 bridgehead atoms. The zero-order chi connectivity index (χ0) is 18.0. The van der Waals surface area contributed by atoms with Crippen molar-refractivity contribution in [3.8, 4) is 0 Å². The summed E-state index contributed by atoms with van der Waals surface area (Å²) in [4.78, 5) is 25.3. The van der Waals surface area contributed by atoms with Crippen molar-refractivity contribution in [1.29, 1.82) is 0 Å². The Labute approximate surface area is 144 Å². The number of carbonyl (C=O) groups is 2. The van der Waals surface area contributed by atoms with Gasteiger partial charge in [-0.25, -0.2) is 9.59 Å². The Morgan fingerprint density at radius 1 is 1.32 bits per heavy atom. The van der Waals surface area contributed by atoms with Gasteiger partial charge >= 0.3 is 23.8 Å². The molecular weight excluding hydrogens is 326 g/mol. The lowest BCUT2D eigenvalue weighted by molar-refractivity contribution is 0.0480. The molecule has 25 heavy (non-hydrogen) atoms. The van der Waals surface area contributed by atoms with Crippen LogP contribution in [0.15, 0.2) is 22.6 Å². The maximum atomic E-state index is 11.7. The Morgan fingerprint density at radius 3 is 2.84 bits per heavy atom. The van der Waals surface area contributed by atoms with E-state index in [2.05, 4.69) is 10.2 Å². The molecule has 8 heteroatoms. The van der Waals surface area contributed by atoms with Crippen LogP contribution in [-0.4, -0.2) is 42.4 Å². The molecule has 1 aliphatic heterocycles. The number of anilines is 1. The van der Waals surface area contributed by atoms with Gasteiger partial charge in [-0.05, 0) is 43.5 Å². The average molecular weight is 345 g/mol. The topological polar surface area (TPSA) is 94.8 Å². The second-order valence-corrected chi connectivity index (χ2v) is 5.63. The highest BCUT2D eigenvalue weighted by Crippen LogP contribution is 2.33. The molecule has 1 unspecified atom stereocenters. The van der Waals surface area contributed by atoms with Crippen molar-refractivity contribution < 1.29 is 23.5 Å². The second kappa shape index (κ2) is 6.92. The number of aromatic nitrogens is 2. The highest BCUT2D eigenvalue weighted by Gasteiger charge is 2.29. The van der Waals surface area contributed by atoms with Gasteiger partial charge in [-0.15, -0.1) is 0 Å². The molecule has 2 heterocycles. The Morgan fingerprint density at radius 2 is 2.12 bits per heavy atom. The van der Waals surface area contributed by atoms with E-state index in [4.69, 9.17) is 13.9 Å². The van der Waals surface area contributed by atoms with E-state index in [1.165, 1.54) is 7.11 Å². The van der Waals surface area contributed by atoms with E-state index in [9.17, 15) is 9.59 Å². The van der Waals surface area contributed by atoms with Crippen molar-refractivity contribution in [2.24, 2.45) is 0 Å². The van der Waals surface area contributed by atoms with Gasteiger partial charge in [0, 0.05) is 6.54 Å². The summed E-state index contributed by atoms with van der Waals surface area (Å²) in [5.41, 5.74) is 2.68. The molecule has 1 aromatic heterocycles. The molecule has 0 saturated heterocycles. The summed E-state index contributed by atoms with van der Waals surface area (Å²) < 4.78 is 15.1. The van der Waals surface area contributed by atoms with Crippen molar-refractivity contribution in [3.05, 3.63) is 40.8 Å². The van der Waals surface area contributed by atoms with Crippen LogP contribution >= 0.6 is 0 Å². The number of esters is 2. The van der Waals surface area contributed by atoms with Gasteiger partial charge in [-0.2, -0.15) is 0 Å². The number of methoxy groups -OCH3 is 1. The third-order valence-corrected chi connectivity index (χ3v) is 4.21. The summed E-state index contributed by atoms with van der Waals surface area (Å²) >= 11 is 0. The van der Waals surface area contributed by atoms with E-state index in [-0.39, 0.29) is 30.5 Å². The van der Waals surface area contributed by atoms with Crippen molar-refractivity contribution in [3.63, 3.8) is 0 Å². The first-order valence-electron chi connectivity index (χ1n) is 8.03. The Bertz CT molecular complexity index is 801. The van der Waals surface area contributed by atoms with E-state index < -0.39 is 5.97 Å². The molecule has 0 amide bonds. The molecular formula is C17H19N3O5. The third-order valence-electron chi connectivity index (χ3n) is 4.21. The number of ether oxygens (including phenoxy) is 2. The van der Waals surface area contributed by atoms with Gasteiger partial charge in [0.2, 0.25) is 0 Å². The van der Waals surface area contributed by atoms with Gasteiger partial charge in [0.1, 0.15) is 0 Å². The summed E-state index contributed by atoms with van der Waals surface area (Å²) in [7, 11) is 1.36. The monoisotopic (exact) mass is 345 g/mol. The van der Waals surface area contributed by atoms with Crippen molar-refractivity contribution in [2.75, 3.05) is 25.2 Å². The second-order valence-electron chi connectivity index (χ2n) is 5.63. The van der Waals surface area contributed by atoms with Crippen LogP contribution in [0, 0.1) is 0 Å². The first-order valence-corrected chi connectivity index (χ1v) is 8.03. The predicted octanol–water partition coefficient (Wildman–Crippen LogP) is 2.16. The Kier molecular flexibility index (Phi) is 4.69. The lowest BCUT2D eigenvalue weighted by Gasteiger charge is -2.33. The fourth-order valence-electron chi connectivity index (χ4n) is 2.95. The van der Waals surface area contributed by atoms with E-state index in [0.717, 1.165) is 11.1 Å². The summed E-state index contributed by atoms with van der Waals surface area (Å²) in [6, 6.07) is 5.74. The molecule has 1 atom stereocenters. The molecule has 0 N–H and O–H groups in total. The van der Waals surface area contributed by atoms with Crippen LogP contribution in [0.1, 0.15) is 52.1 Å². The zero-order valence-corrected chi connectivity index (χ0v) is 14.3. The van der Waals surface area contributed by atoms with Gasteiger partial charge in [-0.3, -0.25) is 0 Å². The SMILES string of the molecule is CCOC(=O)c1nnc(N2CCc3cc(C(=O)OC)ccc3C2C)o1. The molecule has 1 aromatic carbocycles. The van der Waals surface area contributed by atoms with E-state index >= 15 is 0 Å². The number of carbonyl (C=O) groups excluding carboxylic acids is 2. The smallest absolute Gasteiger partial charge is 0.396 e. The quantitative estimate of drug-likeness (QED) is 0.778. The molecule has 3 rings (SSSR count). The van der Waals surface area contributed by atoms with Gasteiger partial charge in [-0.1, -0.05) is 16.3 Å². The van der Waals surface area contributed by atoms with Crippen molar-refractivity contribution in [1.82, 2.24) is 10.2 Å². The summed E-state index contributed by atoms with van der Waals surface area (Å²) in [5.74, 6) is -1.14. The third kappa shape index (κ3) is 3.19. The minimum Gasteiger partial charge on any atom is -0.465 e. The lowest BCUT2D eigenvalue weighted by Crippen LogP contribution is -2.34. The molecule has 0 spiro atoms. The van der Waals surface area contributed by atoms with Crippen molar-refractivity contribution in [2.45, 2.75) is 26.3 Å². The highest BCUT2D eigenvalue weighted by atomic mass is 16.5. The average Bonchev–Trinajstić information content (AvgIpc) is 3.11. The van der Waals surface area contributed by atoms with Gasteiger partial charge in [0.25, 0.3) is 0 Å². The standard InChI is InChI=1S/C17H19N3O5/c1-4-24-16(22)14-18-19-17(25-14)20-8-7-11-9-12(15(21)23-3)5-6-13(11)10(20)2/h5-6,9-10H,4,7-8H2,1-3H3. The van der Waals surface area contributed by atoms with Crippen LogP contribution in [0.25, 0.3) is 0 Å². The van der Waals surface area contributed by atoms with Gasteiger partial charge in [0.15, 0.2) is 0 Å². The summed E-state index contributed by atoms with van der Waals surface area (Å²) in [5, 5.41) is 7.71. The molecule has 0 saturated carbocycles. The summed E-state index contributed by atoms with van der Waals surface area (Å²) in [6.45, 7) is 4.58. The van der Waals surface area contributed by atoms with Crippen LogP contribution in [0.4, 0.5) is 6.01 Å². The van der Waals surface area contributed by atoms with Crippen LogP contribution in [0.2, 0.25) is 0 Å². The summed E-state index contributed by atoms with van der Waals surface area (Å²) in [6.07, 6.45) is 0.710. The number of hydrogen-bond acceptors (Lipinski definition) is 8. The first kappa shape index (κ1) is 16.9. The van der Waals surface area contributed by atoms with E-state index in [0.29, 0.717) is 18.5 Å². The van der Waals surface area contributed by atoms with Crippen LogP contribution in [0.3, 0.4) is 0 Å². The van der Waals surface area contributed by atoms with Gasteiger partial charge in [0.05, 0.1) is 25.3 Å². The van der Waals surface area contributed by atoms with Crippen LogP contribution < -0.4 is 4.90 Å². The molecule has 8 nitrogen and oxygen atoms in total. The maximum absolute atomic E-state index is 11.7. The first-order chi connectivity index (χ1) is 12.0. The fraction of sp³-hybridized carbons (Fsp3) is 0.412. The highest BCUT2D eigenvalue weighted by molar-refractivity contribution is 5.89.